The van der Waals surface area contributed by atoms with Crippen molar-refractivity contribution in [3.63, 3.8) is 0 Å². The Balaban J connectivity index is 2.31. The van der Waals surface area contributed by atoms with Crippen molar-refractivity contribution in [3.8, 4) is 0 Å². The van der Waals surface area contributed by atoms with Crippen LogP contribution in [-0.4, -0.2) is 36.2 Å². The number of carbonyl (C=O) groups is 1. The minimum absolute atomic E-state index is 0.176. The van der Waals surface area contributed by atoms with Crippen molar-refractivity contribution in [2.75, 3.05) is 25.4 Å². The smallest absolute Gasteiger partial charge is 0.410 e. The Morgan fingerprint density at radius 1 is 1.50 bits per heavy atom. The molecular weight excluding hydrogens is 309 g/mol. The summed E-state index contributed by atoms with van der Waals surface area (Å²) in [4.78, 5) is 13.9. The zero-order valence-electron chi connectivity index (χ0n) is 13.0. The monoisotopic (exact) mass is 329 g/mol. The lowest BCUT2D eigenvalue weighted by molar-refractivity contribution is 0.0114. The fourth-order valence-electron chi connectivity index (χ4n) is 2.35. The van der Waals surface area contributed by atoms with E-state index in [4.69, 9.17) is 22.1 Å². The number of hydrogen-bond donors (Lipinski definition) is 2. The molecule has 0 aliphatic carbocycles. The fourth-order valence-corrected chi connectivity index (χ4v) is 2.53. The van der Waals surface area contributed by atoms with Gasteiger partial charge in [-0.15, -0.1) is 0 Å². The van der Waals surface area contributed by atoms with Crippen molar-refractivity contribution in [1.29, 1.82) is 0 Å². The average molecular weight is 330 g/mol. The van der Waals surface area contributed by atoms with E-state index in [9.17, 15) is 9.18 Å². The van der Waals surface area contributed by atoms with Crippen molar-refractivity contribution in [2.45, 2.75) is 32.4 Å². The summed E-state index contributed by atoms with van der Waals surface area (Å²) in [6, 6.07) is 2.17. The maximum atomic E-state index is 14.2. The summed E-state index contributed by atoms with van der Waals surface area (Å²) in [5, 5.41) is 3.42. The van der Waals surface area contributed by atoms with Gasteiger partial charge in [0, 0.05) is 25.2 Å². The fraction of sp³-hybridized carbons (Fsp3) is 0.533. The van der Waals surface area contributed by atoms with Gasteiger partial charge in [-0.1, -0.05) is 11.6 Å². The SMILES string of the molecule is CC(C)(C)OC(=O)N1CCNCC1c1cc(Cl)c(N)cc1F. The second-order valence-electron chi connectivity index (χ2n) is 6.29. The summed E-state index contributed by atoms with van der Waals surface area (Å²) < 4.78 is 19.6. The van der Waals surface area contributed by atoms with Crippen LogP contribution in [0.25, 0.3) is 0 Å². The molecule has 22 heavy (non-hydrogen) atoms. The second kappa shape index (κ2) is 6.30. The molecule has 0 bridgehead atoms. The van der Waals surface area contributed by atoms with E-state index in [0.717, 1.165) is 0 Å². The van der Waals surface area contributed by atoms with Crippen LogP contribution in [-0.2, 0) is 4.74 Å². The van der Waals surface area contributed by atoms with Crippen LogP contribution in [0.5, 0.6) is 0 Å². The Morgan fingerprint density at radius 2 is 2.18 bits per heavy atom. The minimum atomic E-state index is -0.607. The maximum Gasteiger partial charge on any atom is 0.410 e. The highest BCUT2D eigenvalue weighted by molar-refractivity contribution is 6.33. The summed E-state index contributed by atoms with van der Waals surface area (Å²) in [6.07, 6.45) is -0.466. The summed E-state index contributed by atoms with van der Waals surface area (Å²) in [5.74, 6) is -0.482. The Bertz CT molecular complexity index is 575. The zero-order valence-corrected chi connectivity index (χ0v) is 13.7. The maximum absolute atomic E-state index is 14.2. The predicted octanol–water partition coefficient (Wildman–Crippen LogP) is 2.94. The second-order valence-corrected chi connectivity index (χ2v) is 6.70. The minimum Gasteiger partial charge on any atom is -0.444 e. The van der Waals surface area contributed by atoms with Crippen LogP contribution in [0.2, 0.25) is 5.02 Å². The first kappa shape index (κ1) is 16.8. The number of nitrogens with one attached hydrogen (secondary N) is 1. The number of piperazine rings is 1. The highest BCUT2D eigenvalue weighted by Crippen LogP contribution is 2.31. The van der Waals surface area contributed by atoms with Crippen LogP contribution in [0.4, 0.5) is 14.9 Å². The van der Waals surface area contributed by atoms with Gasteiger partial charge in [-0.2, -0.15) is 0 Å². The van der Waals surface area contributed by atoms with Crippen molar-refractivity contribution in [2.24, 2.45) is 0 Å². The number of nitrogens with two attached hydrogens (primary N) is 1. The number of nitrogen functional groups attached to an aromatic ring is 1. The molecule has 1 aliphatic rings. The normalized spacial score (nSPS) is 19.1. The van der Waals surface area contributed by atoms with Gasteiger partial charge in [-0.05, 0) is 32.9 Å². The number of nitrogens with zero attached hydrogens (tertiary/aromatic N) is 1. The molecule has 1 saturated heterocycles. The third-order valence-corrected chi connectivity index (χ3v) is 3.67. The summed E-state index contributed by atoms with van der Waals surface area (Å²) >= 11 is 5.99. The van der Waals surface area contributed by atoms with Crippen molar-refractivity contribution in [1.82, 2.24) is 10.2 Å². The molecule has 0 spiro atoms. The summed E-state index contributed by atoms with van der Waals surface area (Å²) in [6.45, 7) is 6.87. The van der Waals surface area contributed by atoms with Crippen molar-refractivity contribution >= 4 is 23.4 Å². The summed E-state index contributed by atoms with van der Waals surface area (Å²) in [5.41, 5.74) is 5.50. The van der Waals surface area contributed by atoms with E-state index >= 15 is 0 Å². The molecule has 0 aromatic heterocycles. The number of rotatable bonds is 1. The number of amides is 1. The molecule has 2 rings (SSSR count). The summed E-state index contributed by atoms with van der Waals surface area (Å²) in [7, 11) is 0. The molecule has 1 unspecified atom stereocenters. The number of hydrogen-bond acceptors (Lipinski definition) is 4. The number of ether oxygens (including phenoxy) is 1. The molecule has 7 heteroatoms. The van der Waals surface area contributed by atoms with Crippen LogP contribution in [0.15, 0.2) is 12.1 Å². The van der Waals surface area contributed by atoms with Gasteiger partial charge in [0.1, 0.15) is 11.4 Å². The molecular formula is C15H21ClFN3O2. The van der Waals surface area contributed by atoms with E-state index in [1.165, 1.54) is 17.0 Å². The van der Waals surface area contributed by atoms with Crippen LogP contribution < -0.4 is 11.1 Å². The molecule has 1 aliphatic heterocycles. The van der Waals surface area contributed by atoms with Gasteiger partial charge in [0.2, 0.25) is 0 Å². The van der Waals surface area contributed by atoms with Gasteiger partial charge in [0.25, 0.3) is 0 Å². The van der Waals surface area contributed by atoms with Gasteiger partial charge in [-0.25, -0.2) is 9.18 Å². The van der Waals surface area contributed by atoms with Crippen LogP contribution in [0.1, 0.15) is 32.4 Å². The van der Waals surface area contributed by atoms with Gasteiger partial charge in [-0.3, -0.25) is 4.90 Å². The van der Waals surface area contributed by atoms with Gasteiger partial charge in [0.15, 0.2) is 0 Å². The molecule has 0 radical (unpaired) electrons. The molecule has 3 N–H and O–H groups in total. The van der Waals surface area contributed by atoms with Gasteiger partial charge in [0.05, 0.1) is 16.8 Å². The lowest BCUT2D eigenvalue weighted by atomic mass is 10.0. The third-order valence-electron chi connectivity index (χ3n) is 3.35. The van der Waals surface area contributed by atoms with E-state index in [0.29, 0.717) is 25.2 Å². The van der Waals surface area contributed by atoms with Crippen molar-refractivity contribution < 1.29 is 13.9 Å². The third kappa shape index (κ3) is 3.81. The highest BCUT2D eigenvalue weighted by atomic mass is 35.5. The van der Waals surface area contributed by atoms with E-state index < -0.39 is 23.6 Å². The average Bonchev–Trinajstić information content (AvgIpc) is 2.41. The largest absolute Gasteiger partial charge is 0.444 e. The Labute approximate surface area is 134 Å². The van der Waals surface area contributed by atoms with Crippen LogP contribution in [0, 0.1) is 5.82 Å². The lowest BCUT2D eigenvalue weighted by Crippen LogP contribution is -2.50. The molecule has 1 amide bonds. The Kier molecular flexibility index (Phi) is 4.82. The first-order chi connectivity index (χ1) is 10.2. The van der Waals surface area contributed by atoms with Gasteiger partial charge >= 0.3 is 6.09 Å². The van der Waals surface area contributed by atoms with E-state index in [2.05, 4.69) is 5.32 Å². The molecule has 1 fully saturated rings. The van der Waals surface area contributed by atoms with E-state index in [1.807, 2.05) is 0 Å². The first-order valence-electron chi connectivity index (χ1n) is 7.14. The number of carbonyl (C=O) groups excluding carboxylic acids is 1. The van der Waals surface area contributed by atoms with E-state index in [1.54, 1.807) is 20.8 Å². The van der Waals surface area contributed by atoms with Crippen LogP contribution in [0.3, 0.4) is 0 Å². The van der Waals surface area contributed by atoms with Crippen LogP contribution >= 0.6 is 11.6 Å². The zero-order chi connectivity index (χ0) is 16.5. The topological polar surface area (TPSA) is 67.6 Å². The van der Waals surface area contributed by atoms with Crippen molar-refractivity contribution in [3.05, 3.63) is 28.5 Å². The molecule has 1 heterocycles. The molecule has 122 valence electrons. The Hall–Kier alpha value is -1.53. The lowest BCUT2D eigenvalue weighted by Gasteiger charge is -2.37. The molecule has 1 atom stereocenters. The number of anilines is 1. The van der Waals surface area contributed by atoms with Gasteiger partial charge < -0.3 is 15.8 Å². The highest BCUT2D eigenvalue weighted by Gasteiger charge is 2.33. The molecule has 1 aromatic rings. The number of benzene rings is 1. The standard InChI is InChI=1S/C15H21ClFN3O2/c1-15(2,3)22-14(21)20-5-4-19-8-13(20)9-6-10(16)12(18)7-11(9)17/h6-7,13,19H,4-5,8,18H2,1-3H3. The molecule has 0 saturated carbocycles. The number of halogens is 2. The Morgan fingerprint density at radius 3 is 2.82 bits per heavy atom. The molecule has 1 aromatic carbocycles. The first-order valence-corrected chi connectivity index (χ1v) is 7.51. The predicted molar refractivity (Wildman–Crippen MR) is 84.4 cm³/mol. The van der Waals surface area contributed by atoms with E-state index in [-0.39, 0.29) is 10.7 Å². The quantitative estimate of drug-likeness (QED) is 0.777. The molecule has 5 nitrogen and oxygen atoms in total.